The van der Waals surface area contributed by atoms with Gasteiger partial charge in [0.05, 0.1) is 5.56 Å². The minimum Gasteiger partial charge on any atom is -0.454 e. The van der Waals surface area contributed by atoms with Gasteiger partial charge in [0.2, 0.25) is 12.7 Å². The summed E-state index contributed by atoms with van der Waals surface area (Å²) in [5, 5.41) is 6.49. The third kappa shape index (κ3) is 3.99. The van der Waals surface area contributed by atoms with E-state index in [0.717, 1.165) is 22.6 Å². The van der Waals surface area contributed by atoms with E-state index in [2.05, 4.69) is 20.6 Å². The number of anilines is 2. The van der Waals surface area contributed by atoms with Crippen LogP contribution in [-0.4, -0.2) is 22.7 Å². The van der Waals surface area contributed by atoms with Gasteiger partial charge in [-0.05, 0) is 42.3 Å². The molecule has 3 aromatic rings. The molecule has 2 N–H and O–H groups in total. The summed E-state index contributed by atoms with van der Waals surface area (Å²) < 4.78 is 10.7. The SMILES string of the molecule is Cc1ccc(Cl)cc1NC(=O)c1cnc(NCc2ccc3c(c2)OCO3)nc1. The van der Waals surface area contributed by atoms with Gasteiger partial charge >= 0.3 is 0 Å². The molecule has 1 aromatic heterocycles. The van der Waals surface area contributed by atoms with Crippen molar-refractivity contribution in [3.8, 4) is 11.5 Å². The third-order valence-electron chi connectivity index (χ3n) is 4.25. The van der Waals surface area contributed by atoms with E-state index in [-0.39, 0.29) is 12.7 Å². The van der Waals surface area contributed by atoms with Gasteiger partial charge in [-0.25, -0.2) is 9.97 Å². The molecule has 8 heteroatoms. The molecule has 0 aliphatic carbocycles. The van der Waals surface area contributed by atoms with Gasteiger partial charge < -0.3 is 20.1 Å². The van der Waals surface area contributed by atoms with Crippen LogP contribution in [0.25, 0.3) is 0 Å². The molecule has 7 nitrogen and oxygen atoms in total. The van der Waals surface area contributed by atoms with Gasteiger partial charge in [-0.3, -0.25) is 4.79 Å². The number of carbonyl (C=O) groups excluding carboxylic acids is 1. The number of aryl methyl sites for hydroxylation is 1. The van der Waals surface area contributed by atoms with Crippen LogP contribution in [0, 0.1) is 6.92 Å². The maximum Gasteiger partial charge on any atom is 0.258 e. The van der Waals surface area contributed by atoms with Crippen LogP contribution in [0.2, 0.25) is 5.02 Å². The first-order valence-corrected chi connectivity index (χ1v) is 8.98. The number of aromatic nitrogens is 2. The second-order valence-corrected chi connectivity index (χ2v) is 6.69. The number of fused-ring (bicyclic) bond motifs is 1. The molecule has 2 heterocycles. The molecule has 0 saturated carbocycles. The number of ether oxygens (including phenoxy) is 2. The standard InChI is InChI=1S/C20H17ClN4O3/c1-12-2-4-15(21)7-16(12)25-19(26)14-9-23-20(24-10-14)22-8-13-3-5-17-18(6-13)28-11-27-17/h2-7,9-10H,8,11H2,1H3,(H,25,26)(H,22,23,24). The van der Waals surface area contributed by atoms with Crippen LogP contribution in [0.4, 0.5) is 11.6 Å². The monoisotopic (exact) mass is 396 g/mol. The summed E-state index contributed by atoms with van der Waals surface area (Å²) in [5.41, 5.74) is 2.93. The lowest BCUT2D eigenvalue weighted by Gasteiger charge is -2.09. The summed E-state index contributed by atoms with van der Waals surface area (Å²) in [6.45, 7) is 2.66. The highest BCUT2D eigenvalue weighted by atomic mass is 35.5. The van der Waals surface area contributed by atoms with Crippen molar-refractivity contribution in [1.29, 1.82) is 0 Å². The number of nitrogens with zero attached hydrogens (tertiary/aromatic N) is 2. The van der Waals surface area contributed by atoms with Crippen molar-refractivity contribution in [2.24, 2.45) is 0 Å². The smallest absolute Gasteiger partial charge is 0.258 e. The molecule has 0 atom stereocenters. The van der Waals surface area contributed by atoms with Crippen LogP contribution < -0.4 is 20.1 Å². The number of nitrogens with one attached hydrogen (secondary N) is 2. The molecule has 0 saturated heterocycles. The largest absolute Gasteiger partial charge is 0.454 e. The van der Waals surface area contributed by atoms with Crippen molar-refractivity contribution in [2.75, 3.05) is 17.4 Å². The molecule has 0 spiro atoms. The zero-order valence-corrected chi connectivity index (χ0v) is 15.8. The minimum atomic E-state index is -0.298. The normalized spacial score (nSPS) is 11.9. The van der Waals surface area contributed by atoms with Crippen molar-refractivity contribution in [3.05, 3.63) is 70.5 Å². The number of benzene rings is 2. The molecule has 0 radical (unpaired) electrons. The van der Waals surface area contributed by atoms with E-state index in [1.165, 1.54) is 12.4 Å². The highest BCUT2D eigenvalue weighted by molar-refractivity contribution is 6.31. The van der Waals surface area contributed by atoms with Crippen molar-refractivity contribution in [1.82, 2.24) is 9.97 Å². The molecule has 2 aromatic carbocycles. The van der Waals surface area contributed by atoms with E-state index in [0.29, 0.717) is 28.8 Å². The van der Waals surface area contributed by atoms with E-state index in [1.807, 2.05) is 31.2 Å². The Morgan fingerprint density at radius 2 is 1.89 bits per heavy atom. The average molecular weight is 397 g/mol. The number of hydrogen-bond acceptors (Lipinski definition) is 6. The molecule has 1 aliphatic heterocycles. The molecule has 4 rings (SSSR count). The predicted molar refractivity (Wildman–Crippen MR) is 106 cm³/mol. The van der Waals surface area contributed by atoms with E-state index in [1.54, 1.807) is 12.1 Å². The summed E-state index contributed by atoms with van der Waals surface area (Å²) in [7, 11) is 0. The second kappa shape index (κ2) is 7.74. The van der Waals surface area contributed by atoms with Gasteiger partial charge in [0.25, 0.3) is 5.91 Å². The molecule has 1 aliphatic rings. The maximum atomic E-state index is 12.4. The van der Waals surface area contributed by atoms with E-state index >= 15 is 0 Å². The van der Waals surface area contributed by atoms with Crippen LogP contribution in [0.5, 0.6) is 11.5 Å². The highest BCUT2D eigenvalue weighted by Gasteiger charge is 2.13. The molecule has 0 bridgehead atoms. The second-order valence-electron chi connectivity index (χ2n) is 6.25. The summed E-state index contributed by atoms with van der Waals surface area (Å²) in [5.74, 6) is 1.59. The van der Waals surface area contributed by atoms with Gasteiger partial charge in [0.15, 0.2) is 11.5 Å². The van der Waals surface area contributed by atoms with Crippen molar-refractivity contribution >= 4 is 29.1 Å². The van der Waals surface area contributed by atoms with Gasteiger partial charge in [0, 0.05) is 29.6 Å². The average Bonchev–Trinajstić information content (AvgIpc) is 3.17. The first-order valence-electron chi connectivity index (χ1n) is 8.60. The fourth-order valence-corrected chi connectivity index (χ4v) is 2.86. The predicted octanol–water partition coefficient (Wildman–Crippen LogP) is 4.03. The van der Waals surface area contributed by atoms with E-state index in [9.17, 15) is 4.79 Å². The maximum absolute atomic E-state index is 12.4. The Balaban J connectivity index is 1.38. The zero-order chi connectivity index (χ0) is 19.5. The lowest BCUT2D eigenvalue weighted by atomic mass is 10.2. The Hall–Kier alpha value is -3.32. The van der Waals surface area contributed by atoms with Gasteiger partial charge in [-0.15, -0.1) is 0 Å². The number of halogens is 1. The van der Waals surface area contributed by atoms with E-state index < -0.39 is 0 Å². The fraction of sp³-hybridized carbons (Fsp3) is 0.150. The first-order chi connectivity index (χ1) is 13.6. The van der Waals surface area contributed by atoms with Gasteiger partial charge in [-0.1, -0.05) is 23.7 Å². The topological polar surface area (TPSA) is 85.4 Å². The quantitative estimate of drug-likeness (QED) is 0.677. The number of rotatable bonds is 5. The summed E-state index contributed by atoms with van der Waals surface area (Å²) in [4.78, 5) is 20.8. The van der Waals surface area contributed by atoms with Crippen LogP contribution in [-0.2, 0) is 6.54 Å². The van der Waals surface area contributed by atoms with Gasteiger partial charge in [0.1, 0.15) is 0 Å². The van der Waals surface area contributed by atoms with Crippen molar-refractivity contribution in [3.63, 3.8) is 0 Å². The lowest BCUT2D eigenvalue weighted by molar-refractivity contribution is 0.102. The number of hydrogen-bond donors (Lipinski definition) is 2. The Morgan fingerprint density at radius 3 is 2.71 bits per heavy atom. The number of carbonyl (C=O) groups is 1. The van der Waals surface area contributed by atoms with Gasteiger partial charge in [-0.2, -0.15) is 0 Å². The molecule has 28 heavy (non-hydrogen) atoms. The minimum absolute atomic E-state index is 0.244. The van der Waals surface area contributed by atoms with E-state index in [4.69, 9.17) is 21.1 Å². The Labute approximate surface area is 166 Å². The number of amides is 1. The summed E-state index contributed by atoms with van der Waals surface area (Å²) in [6, 6.07) is 11.0. The molecule has 1 amide bonds. The first kappa shape index (κ1) is 18.1. The van der Waals surface area contributed by atoms with Crippen LogP contribution >= 0.6 is 11.6 Å². The zero-order valence-electron chi connectivity index (χ0n) is 15.0. The molecule has 0 fully saturated rings. The fourth-order valence-electron chi connectivity index (χ4n) is 2.69. The third-order valence-corrected chi connectivity index (χ3v) is 4.48. The van der Waals surface area contributed by atoms with Crippen molar-refractivity contribution < 1.29 is 14.3 Å². The molecular formula is C20H17ClN4O3. The molecule has 0 unspecified atom stereocenters. The summed E-state index contributed by atoms with van der Waals surface area (Å²) in [6.07, 6.45) is 2.95. The molecule has 142 valence electrons. The Kier molecular flexibility index (Phi) is 4.99. The van der Waals surface area contributed by atoms with Crippen LogP contribution in [0.3, 0.4) is 0 Å². The Bertz CT molecular complexity index is 1020. The van der Waals surface area contributed by atoms with Crippen LogP contribution in [0.15, 0.2) is 48.8 Å². The summed E-state index contributed by atoms with van der Waals surface area (Å²) >= 11 is 5.98. The highest BCUT2D eigenvalue weighted by Crippen LogP contribution is 2.32. The van der Waals surface area contributed by atoms with Crippen molar-refractivity contribution in [2.45, 2.75) is 13.5 Å². The molecular weight excluding hydrogens is 380 g/mol. The lowest BCUT2D eigenvalue weighted by Crippen LogP contribution is -2.14. The Morgan fingerprint density at radius 1 is 1.11 bits per heavy atom. The van der Waals surface area contributed by atoms with Crippen LogP contribution in [0.1, 0.15) is 21.5 Å².